The average molecular weight is 779 g/mol. The van der Waals surface area contributed by atoms with Crippen LogP contribution in [0.2, 0.25) is 0 Å². The van der Waals surface area contributed by atoms with Gasteiger partial charge in [0.05, 0.1) is 21.7 Å². The van der Waals surface area contributed by atoms with E-state index in [1.165, 1.54) is 23.5 Å². The molecule has 0 aliphatic rings. The minimum absolute atomic E-state index is 0.247. The van der Waals surface area contributed by atoms with Crippen LogP contribution in [-0.2, 0) is 39.5 Å². The first-order valence-corrected chi connectivity index (χ1v) is 20.1. The van der Waals surface area contributed by atoms with Crippen LogP contribution in [0.15, 0.2) is 82.6 Å². The Morgan fingerprint density at radius 1 is 0.426 bits per heavy atom. The van der Waals surface area contributed by atoms with Crippen LogP contribution in [0.4, 0.5) is 0 Å². The summed E-state index contributed by atoms with van der Waals surface area (Å²) in [5, 5.41) is 0. The van der Waals surface area contributed by atoms with E-state index in [0.29, 0.717) is 23.0 Å². The zero-order valence-electron chi connectivity index (χ0n) is 34.4. The highest BCUT2D eigenvalue weighted by Gasteiger charge is 2.36. The molecule has 0 saturated carbocycles. The van der Waals surface area contributed by atoms with Gasteiger partial charge in [0.2, 0.25) is 0 Å². The fourth-order valence-corrected chi connectivity index (χ4v) is 6.64. The minimum Gasteiger partial charge on any atom is -0.460 e. The molecule has 0 aromatic heterocycles. The largest absolute Gasteiger partial charge is 0.460 e. The number of carbonyl (C=O) groups is 4. The molecular weight excluding hydrogens is 721 g/mol. The Hall–Kier alpha value is -3.76. The van der Waals surface area contributed by atoms with Crippen molar-refractivity contribution in [3.8, 4) is 11.5 Å². The summed E-state index contributed by atoms with van der Waals surface area (Å²) in [6.07, 6.45) is 0. The lowest BCUT2D eigenvalue weighted by molar-refractivity contribution is -0.165. The molecule has 3 rings (SSSR count). The molecule has 0 bridgehead atoms. The number of hydrogen-bond acceptors (Lipinski definition) is 10. The van der Waals surface area contributed by atoms with Crippen LogP contribution in [0.25, 0.3) is 0 Å². The van der Waals surface area contributed by atoms with Gasteiger partial charge in [-0.05, 0) is 157 Å². The monoisotopic (exact) mass is 778 g/mol. The standard InChI is InChI=1S/C44H58O8S2/c1-39(2,3)51-35(45)41(7,8)27-53-33-23-19-31(20-24-33)49-37(47)43(11,12)29-15-17-30(18-16-29)44(13,14)38(48)50-32-21-25-34(26-22-32)54-28-42(9,10)36(46)52-40(4,5)6/h15-26H,27-28H2,1-14H3. The third kappa shape index (κ3) is 12.7. The summed E-state index contributed by atoms with van der Waals surface area (Å²) >= 11 is 3.07. The molecule has 0 aliphatic heterocycles. The molecule has 0 spiro atoms. The third-order valence-corrected chi connectivity index (χ3v) is 11.5. The molecule has 0 radical (unpaired) electrons. The second kappa shape index (κ2) is 16.9. The van der Waals surface area contributed by atoms with Gasteiger partial charge in [-0.2, -0.15) is 0 Å². The summed E-state index contributed by atoms with van der Waals surface area (Å²) in [4.78, 5) is 53.9. The highest BCUT2D eigenvalue weighted by Crippen LogP contribution is 2.35. The molecule has 3 aromatic rings. The van der Waals surface area contributed by atoms with Crippen LogP contribution < -0.4 is 9.47 Å². The third-order valence-electron chi connectivity index (χ3n) is 8.52. The summed E-state index contributed by atoms with van der Waals surface area (Å²) < 4.78 is 22.7. The predicted octanol–water partition coefficient (Wildman–Crippen LogP) is 10.4. The smallest absolute Gasteiger partial charge is 0.321 e. The maximum atomic E-state index is 13.4. The number of ether oxygens (including phenoxy) is 4. The average Bonchev–Trinajstić information content (AvgIpc) is 3.06. The van der Waals surface area contributed by atoms with Gasteiger partial charge in [-0.1, -0.05) is 24.3 Å². The van der Waals surface area contributed by atoms with Gasteiger partial charge >= 0.3 is 23.9 Å². The Balaban J connectivity index is 1.58. The lowest BCUT2D eigenvalue weighted by Crippen LogP contribution is -2.35. The van der Waals surface area contributed by atoms with Gasteiger partial charge < -0.3 is 18.9 Å². The number of carbonyl (C=O) groups excluding carboxylic acids is 4. The van der Waals surface area contributed by atoms with Crippen molar-refractivity contribution in [2.45, 2.75) is 129 Å². The van der Waals surface area contributed by atoms with Crippen LogP contribution in [0.1, 0.15) is 108 Å². The summed E-state index contributed by atoms with van der Waals surface area (Å²) in [6.45, 7) is 25.8. The number of hydrogen-bond donors (Lipinski definition) is 0. The molecule has 0 atom stereocenters. The van der Waals surface area contributed by atoms with Gasteiger partial charge in [-0.15, -0.1) is 23.5 Å². The SMILES string of the molecule is CC(C)(C)OC(=O)C(C)(C)CSc1ccc(OC(=O)C(C)(C)c2ccc(C(C)(C)C(=O)Oc3ccc(SCC(C)(C)C(=O)OC(C)(C)C)cc3)cc2)cc1. The Labute approximate surface area is 330 Å². The quantitative estimate of drug-likeness (QED) is 0.0892. The Bertz CT molecular complexity index is 1640. The first-order valence-electron chi connectivity index (χ1n) is 18.1. The van der Waals surface area contributed by atoms with Gasteiger partial charge in [0, 0.05) is 21.3 Å². The lowest BCUT2D eigenvalue weighted by Gasteiger charge is -2.28. The molecule has 0 fully saturated rings. The summed E-state index contributed by atoms with van der Waals surface area (Å²) in [5.74, 6) is 0.561. The number of rotatable bonds is 14. The molecule has 294 valence electrons. The highest BCUT2D eigenvalue weighted by atomic mass is 32.2. The molecule has 0 aliphatic carbocycles. The topological polar surface area (TPSA) is 105 Å². The fourth-order valence-electron chi connectivity index (χ4n) is 4.69. The fraction of sp³-hybridized carbons (Fsp3) is 0.500. The van der Waals surface area contributed by atoms with Crippen LogP contribution >= 0.6 is 23.5 Å². The molecule has 0 saturated heterocycles. The van der Waals surface area contributed by atoms with Crippen molar-refractivity contribution < 1.29 is 38.1 Å². The van der Waals surface area contributed by atoms with E-state index >= 15 is 0 Å². The Morgan fingerprint density at radius 2 is 0.704 bits per heavy atom. The zero-order valence-corrected chi connectivity index (χ0v) is 36.1. The lowest BCUT2D eigenvalue weighted by atomic mass is 9.80. The van der Waals surface area contributed by atoms with Crippen molar-refractivity contribution in [2.75, 3.05) is 11.5 Å². The molecule has 0 heterocycles. The van der Waals surface area contributed by atoms with Crippen molar-refractivity contribution in [1.82, 2.24) is 0 Å². The van der Waals surface area contributed by atoms with E-state index in [1.54, 1.807) is 52.0 Å². The maximum absolute atomic E-state index is 13.4. The number of esters is 4. The molecule has 3 aromatic carbocycles. The van der Waals surface area contributed by atoms with E-state index < -0.39 is 44.8 Å². The maximum Gasteiger partial charge on any atom is 0.321 e. The van der Waals surface area contributed by atoms with Crippen LogP contribution in [0, 0.1) is 10.8 Å². The summed E-state index contributed by atoms with van der Waals surface area (Å²) in [5.41, 5.74) is -2.92. The van der Waals surface area contributed by atoms with Gasteiger partial charge in [-0.3, -0.25) is 19.2 Å². The van der Waals surface area contributed by atoms with Crippen molar-refractivity contribution >= 4 is 47.4 Å². The number of thioether (sulfide) groups is 2. The van der Waals surface area contributed by atoms with E-state index in [0.717, 1.165) is 20.9 Å². The molecule has 10 heteroatoms. The van der Waals surface area contributed by atoms with Gasteiger partial charge in [-0.25, -0.2) is 0 Å². The summed E-state index contributed by atoms with van der Waals surface area (Å²) in [7, 11) is 0. The van der Waals surface area contributed by atoms with E-state index in [2.05, 4.69) is 0 Å². The minimum atomic E-state index is -0.976. The highest BCUT2D eigenvalue weighted by molar-refractivity contribution is 7.99. The molecular formula is C44H58O8S2. The van der Waals surface area contributed by atoms with Gasteiger partial charge in [0.1, 0.15) is 22.7 Å². The van der Waals surface area contributed by atoms with E-state index in [9.17, 15) is 19.2 Å². The Morgan fingerprint density at radius 3 is 0.963 bits per heavy atom. The van der Waals surface area contributed by atoms with Crippen molar-refractivity contribution in [3.05, 3.63) is 83.9 Å². The van der Waals surface area contributed by atoms with E-state index in [-0.39, 0.29) is 11.9 Å². The molecule has 8 nitrogen and oxygen atoms in total. The van der Waals surface area contributed by atoms with Crippen LogP contribution in [0.5, 0.6) is 11.5 Å². The molecule has 0 unspecified atom stereocenters. The second-order valence-electron chi connectivity index (χ2n) is 17.9. The van der Waals surface area contributed by atoms with E-state index in [4.69, 9.17) is 18.9 Å². The molecule has 54 heavy (non-hydrogen) atoms. The van der Waals surface area contributed by atoms with E-state index in [1.807, 2.05) is 118 Å². The predicted molar refractivity (Wildman–Crippen MR) is 217 cm³/mol. The van der Waals surface area contributed by atoms with Crippen LogP contribution in [-0.4, -0.2) is 46.6 Å². The first kappa shape index (κ1) is 44.6. The summed E-state index contributed by atoms with van der Waals surface area (Å²) in [6, 6.07) is 21.8. The van der Waals surface area contributed by atoms with Gasteiger partial charge in [0.25, 0.3) is 0 Å². The molecule has 0 amide bonds. The van der Waals surface area contributed by atoms with Crippen molar-refractivity contribution in [1.29, 1.82) is 0 Å². The van der Waals surface area contributed by atoms with Crippen molar-refractivity contribution in [3.63, 3.8) is 0 Å². The van der Waals surface area contributed by atoms with Crippen molar-refractivity contribution in [2.24, 2.45) is 10.8 Å². The first-order chi connectivity index (χ1) is 24.6. The number of benzene rings is 3. The molecule has 0 N–H and O–H groups in total. The second-order valence-corrected chi connectivity index (χ2v) is 20.0. The van der Waals surface area contributed by atoms with Crippen LogP contribution in [0.3, 0.4) is 0 Å². The zero-order chi connectivity index (χ0) is 40.9. The van der Waals surface area contributed by atoms with Gasteiger partial charge in [0.15, 0.2) is 0 Å². The Kier molecular flexibility index (Phi) is 14.0. The normalized spacial score (nSPS) is 12.9.